The molecule has 0 unspecified atom stereocenters. The molecule has 1 heterocycles. The molecular formula is C20H21N3O3. The van der Waals surface area contributed by atoms with E-state index in [9.17, 15) is 10.1 Å². The van der Waals surface area contributed by atoms with Crippen LogP contribution in [0.5, 0.6) is 17.4 Å². The SMILES string of the molecule is CCCC(=O)Nc1ccc(Oc2ccc(C#N)c(OCC3CC3)c2)nc1. The van der Waals surface area contributed by atoms with E-state index in [2.05, 4.69) is 16.4 Å². The molecular weight excluding hydrogens is 330 g/mol. The van der Waals surface area contributed by atoms with E-state index in [4.69, 9.17) is 9.47 Å². The van der Waals surface area contributed by atoms with Gasteiger partial charge in [0.2, 0.25) is 11.8 Å². The Balaban J connectivity index is 1.65. The number of carbonyl (C=O) groups is 1. The average Bonchev–Trinajstić information content (AvgIpc) is 3.46. The smallest absolute Gasteiger partial charge is 0.224 e. The summed E-state index contributed by atoms with van der Waals surface area (Å²) in [5, 5.41) is 12.0. The van der Waals surface area contributed by atoms with E-state index >= 15 is 0 Å². The molecule has 1 fully saturated rings. The van der Waals surface area contributed by atoms with Crippen molar-refractivity contribution in [3.63, 3.8) is 0 Å². The molecule has 1 N–H and O–H groups in total. The Morgan fingerprint density at radius 1 is 1.35 bits per heavy atom. The Hall–Kier alpha value is -3.07. The van der Waals surface area contributed by atoms with Gasteiger partial charge in [0.05, 0.1) is 24.1 Å². The molecule has 26 heavy (non-hydrogen) atoms. The van der Waals surface area contributed by atoms with Crippen LogP contribution in [0.15, 0.2) is 36.5 Å². The van der Waals surface area contributed by atoms with Crippen molar-refractivity contribution in [1.82, 2.24) is 4.98 Å². The van der Waals surface area contributed by atoms with Crippen molar-refractivity contribution in [2.75, 3.05) is 11.9 Å². The number of carbonyl (C=O) groups excluding carboxylic acids is 1. The summed E-state index contributed by atoms with van der Waals surface area (Å²) in [7, 11) is 0. The summed E-state index contributed by atoms with van der Waals surface area (Å²) in [5.74, 6) is 2.04. The first kappa shape index (κ1) is 17.7. The number of nitrogens with zero attached hydrogens (tertiary/aromatic N) is 2. The van der Waals surface area contributed by atoms with Crippen LogP contribution >= 0.6 is 0 Å². The third-order valence-corrected chi connectivity index (χ3v) is 3.96. The van der Waals surface area contributed by atoms with Gasteiger partial charge in [-0.3, -0.25) is 4.79 Å². The van der Waals surface area contributed by atoms with Crippen LogP contribution < -0.4 is 14.8 Å². The molecule has 0 saturated heterocycles. The molecule has 0 radical (unpaired) electrons. The third-order valence-electron chi connectivity index (χ3n) is 3.96. The van der Waals surface area contributed by atoms with Crippen molar-refractivity contribution < 1.29 is 14.3 Å². The minimum atomic E-state index is -0.0347. The van der Waals surface area contributed by atoms with E-state index in [1.165, 1.54) is 12.8 Å². The topological polar surface area (TPSA) is 84.2 Å². The van der Waals surface area contributed by atoms with Crippen LogP contribution in [0.4, 0.5) is 5.69 Å². The summed E-state index contributed by atoms with van der Waals surface area (Å²) < 4.78 is 11.5. The number of nitrogens with one attached hydrogen (secondary N) is 1. The molecule has 2 aromatic rings. The molecule has 6 nitrogen and oxygen atoms in total. The highest BCUT2D eigenvalue weighted by molar-refractivity contribution is 5.90. The number of ether oxygens (including phenoxy) is 2. The number of anilines is 1. The second-order valence-electron chi connectivity index (χ2n) is 6.31. The van der Waals surface area contributed by atoms with Gasteiger partial charge in [-0.05, 0) is 43.4 Å². The monoisotopic (exact) mass is 351 g/mol. The lowest BCUT2D eigenvalue weighted by Crippen LogP contribution is -2.10. The van der Waals surface area contributed by atoms with Gasteiger partial charge < -0.3 is 14.8 Å². The molecule has 0 atom stereocenters. The zero-order chi connectivity index (χ0) is 18.4. The molecule has 1 amide bonds. The largest absolute Gasteiger partial charge is 0.492 e. The predicted molar refractivity (Wildman–Crippen MR) is 97.2 cm³/mol. The fraction of sp³-hybridized carbons (Fsp3) is 0.350. The maximum absolute atomic E-state index is 11.6. The average molecular weight is 351 g/mol. The highest BCUT2D eigenvalue weighted by Gasteiger charge is 2.22. The van der Waals surface area contributed by atoms with Gasteiger partial charge in [-0.25, -0.2) is 4.98 Å². The first-order chi connectivity index (χ1) is 12.7. The molecule has 1 aromatic carbocycles. The van der Waals surface area contributed by atoms with E-state index in [0.717, 1.165) is 6.42 Å². The second-order valence-corrected chi connectivity index (χ2v) is 6.31. The number of aromatic nitrogens is 1. The lowest BCUT2D eigenvalue weighted by molar-refractivity contribution is -0.116. The van der Waals surface area contributed by atoms with Crippen molar-refractivity contribution in [3.8, 4) is 23.4 Å². The second kappa shape index (κ2) is 8.34. The maximum Gasteiger partial charge on any atom is 0.224 e. The van der Waals surface area contributed by atoms with Crippen molar-refractivity contribution in [2.24, 2.45) is 5.92 Å². The first-order valence-corrected chi connectivity index (χ1v) is 8.78. The molecule has 1 aliphatic rings. The number of hydrogen-bond acceptors (Lipinski definition) is 5. The molecule has 3 rings (SSSR count). The molecule has 0 spiro atoms. The summed E-state index contributed by atoms with van der Waals surface area (Å²) in [4.78, 5) is 15.8. The summed E-state index contributed by atoms with van der Waals surface area (Å²) in [6.07, 6.45) is 5.20. The fourth-order valence-corrected chi connectivity index (χ4v) is 2.36. The highest BCUT2D eigenvalue weighted by Crippen LogP contribution is 2.32. The quantitative estimate of drug-likeness (QED) is 0.767. The minimum absolute atomic E-state index is 0.0347. The van der Waals surface area contributed by atoms with Crippen LogP contribution in [0.2, 0.25) is 0 Å². The van der Waals surface area contributed by atoms with Crippen molar-refractivity contribution in [2.45, 2.75) is 32.6 Å². The van der Waals surface area contributed by atoms with Crippen LogP contribution in [-0.4, -0.2) is 17.5 Å². The van der Waals surface area contributed by atoms with E-state index in [1.54, 1.807) is 36.5 Å². The Morgan fingerprint density at radius 3 is 2.85 bits per heavy atom. The Kier molecular flexibility index (Phi) is 5.69. The Bertz CT molecular complexity index is 808. The normalized spacial score (nSPS) is 12.9. The van der Waals surface area contributed by atoms with Gasteiger partial charge in [0.25, 0.3) is 0 Å². The fourth-order valence-electron chi connectivity index (χ4n) is 2.36. The van der Waals surface area contributed by atoms with Gasteiger partial charge in [-0.15, -0.1) is 0 Å². The predicted octanol–water partition coefficient (Wildman–Crippen LogP) is 4.27. The highest BCUT2D eigenvalue weighted by atomic mass is 16.5. The third kappa shape index (κ3) is 4.96. The number of amides is 1. The molecule has 1 aromatic heterocycles. The summed E-state index contributed by atoms with van der Waals surface area (Å²) in [5.41, 5.74) is 1.11. The van der Waals surface area contributed by atoms with Crippen LogP contribution in [0.1, 0.15) is 38.2 Å². The lowest BCUT2D eigenvalue weighted by Gasteiger charge is -2.10. The summed E-state index contributed by atoms with van der Waals surface area (Å²) in [6.45, 7) is 2.58. The number of pyridine rings is 1. The van der Waals surface area contributed by atoms with E-state index in [1.807, 2.05) is 6.92 Å². The number of benzene rings is 1. The molecule has 0 aliphatic heterocycles. The molecule has 1 aliphatic carbocycles. The van der Waals surface area contributed by atoms with Crippen LogP contribution in [-0.2, 0) is 4.79 Å². The summed E-state index contributed by atoms with van der Waals surface area (Å²) >= 11 is 0. The van der Waals surface area contributed by atoms with Gasteiger partial charge in [0.1, 0.15) is 17.6 Å². The van der Waals surface area contributed by atoms with Gasteiger partial charge in [-0.2, -0.15) is 5.26 Å². The van der Waals surface area contributed by atoms with Gasteiger partial charge in [-0.1, -0.05) is 6.92 Å². The van der Waals surface area contributed by atoms with Crippen molar-refractivity contribution in [1.29, 1.82) is 5.26 Å². The Morgan fingerprint density at radius 2 is 2.19 bits per heavy atom. The van der Waals surface area contributed by atoms with Crippen molar-refractivity contribution in [3.05, 3.63) is 42.1 Å². The Labute approximate surface area is 152 Å². The molecule has 0 bridgehead atoms. The number of hydrogen-bond donors (Lipinski definition) is 1. The van der Waals surface area contributed by atoms with Crippen LogP contribution in [0, 0.1) is 17.2 Å². The number of rotatable bonds is 8. The van der Waals surface area contributed by atoms with E-state index in [0.29, 0.717) is 47.6 Å². The van der Waals surface area contributed by atoms with Gasteiger partial charge >= 0.3 is 0 Å². The number of nitriles is 1. The molecule has 134 valence electrons. The maximum atomic E-state index is 11.6. The molecule has 6 heteroatoms. The van der Waals surface area contributed by atoms with Gasteiger partial charge in [0, 0.05) is 18.6 Å². The van der Waals surface area contributed by atoms with E-state index < -0.39 is 0 Å². The first-order valence-electron chi connectivity index (χ1n) is 8.78. The van der Waals surface area contributed by atoms with Crippen molar-refractivity contribution >= 4 is 11.6 Å². The van der Waals surface area contributed by atoms with E-state index in [-0.39, 0.29) is 5.91 Å². The van der Waals surface area contributed by atoms with Crippen LogP contribution in [0.25, 0.3) is 0 Å². The lowest BCUT2D eigenvalue weighted by atomic mass is 10.2. The minimum Gasteiger partial charge on any atom is -0.492 e. The zero-order valence-corrected chi connectivity index (χ0v) is 14.7. The van der Waals surface area contributed by atoms with Gasteiger partial charge in [0.15, 0.2) is 0 Å². The zero-order valence-electron chi connectivity index (χ0n) is 14.7. The summed E-state index contributed by atoms with van der Waals surface area (Å²) in [6, 6.07) is 10.7. The van der Waals surface area contributed by atoms with Crippen LogP contribution in [0.3, 0.4) is 0 Å². The standard InChI is InChI=1S/C20H21N3O3/c1-2-3-19(24)23-16-7-9-20(22-12-16)26-17-8-6-15(11-21)18(10-17)25-13-14-4-5-14/h6-10,12,14H,2-5,13H2,1H3,(H,23,24). The molecule has 1 saturated carbocycles.